The zero-order valence-electron chi connectivity index (χ0n) is 13.9. The van der Waals surface area contributed by atoms with Crippen molar-refractivity contribution in [2.24, 2.45) is 0 Å². The SMILES string of the molecule is CO[Si](CCCCCCCCCCCC(=O)O)(OC)OC. The van der Waals surface area contributed by atoms with Gasteiger partial charge >= 0.3 is 14.8 Å². The maximum Gasteiger partial charge on any atom is 0.500 e. The molecule has 0 unspecified atom stereocenters. The molecule has 0 bridgehead atoms. The summed E-state index contributed by atoms with van der Waals surface area (Å²) >= 11 is 0. The van der Waals surface area contributed by atoms with Gasteiger partial charge in [0.05, 0.1) is 0 Å². The molecule has 6 heteroatoms. The second-order valence-corrected chi connectivity index (χ2v) is 8.46. The number of carboxylic acid groups (broad SMARTS) is 1. The van der Waals surface area contributed by atoms with Crippen LogP contribution < -0.4 is 0 Å². The minimum absolute atomic E-state index is 0.310. The summed E-state index contributed by atoms with van der Waals surface area (Å²) in [5.74, 6) is -0.683. The van der Waals surface area contributed by atoms with Gasteiger partial charge < -0.3 is 18.4 Å². The maximum absolute atomic E-state index is 10.3. The van der Waals surface area contributed by atoms with E-state index in [9.17, 15) is 4.79 Å². The fourth-order valence-electron chi connectivity index (χ4n) is 2.41. The molecule has 0 saturated heterocycles. The van der Waals surface area contributed by atoms with E-state index in [1.54, 1.807) is 21.3 Å². The van der Waals surface area contributed by atoms with Crippen LogP contribution in [0.1, 0.15) is 64.2 Å². The Hall–Kier alpha value is -0.433. The van der Waals surface area contributed by atoms with E-state index in [1.165, 1.54) is 32.1 Å². The molecule has 0 aromatic carbocycles. The molecule has 0 aromatic heterocycles. The van der Waals surface area contributed by atoms with Gasteiger partial charge in [0.25, 0.3) is 0 Å². The van der Waals surface area contributed by atoms with Gasteiger partial charge in [-0.2, -0.15) is 0 Å². The van der Waals surface area contributed by atoms with Crippen LogP contribution in [0.3, 0.4) is 0 Å². The van der Waals surface area contributed by atoms with Crippen molar-refractivity contribution < 1.29 is 23.2 Å². The van der Waals surface area contributed by atoms with Crippen molar-refractivity contribution >= 4 is 14.8 Å². The van der Waals surface area contributed by atoms with E-state index in [2.05, 4.69) is 0 Å². The Kier molecular flexibility index (Phi) is 13.0. The third-order valence-corrected chi connectivity index (χ3v) is 6.64. The molecule has 0 aliphatic carbocycles. The summed E-state index contributed by atoms with van der Waals surface area (Å²) in [5.41, 5.74) is 0. The van der Waals surface area contributed by atoms with Gasteiger partial charge in [0.1, 0.15) is 0 Å². The summed E-state index contributed by atoms with van der Waals surface area (Å²) < 4.78 is 16.2. The molecule has 5 nitrogen and oxygen atoms in total. The number of aliphatic carboxylic acids is 1. The molecule has 0 aromatic rings. The Bertz CT molecular complexity index is 248. The van der Waals surface area contributed by atoms with Crippen molar-refractivity contribution in [2.45, 2.75) is 70.3 Å². The van der Waals surface area contributed by atoms with Gasteiger partial charge in [-0.25, -0.2) is 0 Å². The molecule has 0 amide bonds. The summed E-state index contributed by atoms with van der Waals surface area (Å²) in [6.07, 6.45) is 10.5. The zero-order valence-corrected chi connectivity index (χ0v) is 14.9. The monoisotopic (exact) mass is 320 g/mol. The highest BCUT2D eigenvalue weighted by atomic mass is 28.4. The van der Waals surface area contributed by atoms with Gasteiger partial charge in [-0.05, 0) is 12.8 Å². The minimum Gasteiger partial charge on any atom is -0.481 e. The Balaban J connectivity index is 3.34. The number of carboxylic acids is 1. The Morgan fingerprint density at radius 2 is 1.14 bits per heavy atom. The molecule has 126 valence electrons. The van der Waals surface area contributed by atoms with E-state index in [4.69, 9.17) is 18.4 Å². The summed E-state index contributed by atoms with van der Waals surface area (Å²) in [5, 5.41) is 8.52. The van der Waals surface area contributed by atoms with Crippen molar-refractivity contribution in [3.8, 4) is 0 Å². The second-order valence-electron chi connectivity index (χ2n) is 5.37. The lowest BCUT2D eigenvalue weighted by Gasteiger charge is -2.24. The van der Waals surface area contributed by atoms with E-state index in [-0.39, 0.29) is 0 Å². The number of hydrogen-bond donors (Lipinski definition) is 1. The van der Waals surface area contributed by atoms with Crippen LogP contribution in [0.25, 0.3) is 0 Å². The second kappa shape index (κ2) is 13.2. The van der Waals surface area contributed by atoms with E-state index >= 15 is 0 Å². The van der Waals surface area contributed by atoms with Crippen LogP contribution in [0.2, 0.25) is 6.04 Å². The lowest BCUT2D eigenvalue weighted by atomic mass is 10.1. The highest BCUT2D eigenvalue weighted by Crippen LogP contribution is 2.18. The fraction of sp³-hybridized carbons (Fsp3) is 0.933. The standard InChI is InChI=1S/C15H32O5Si/c1-18-21(19-2,20-3)14-12-10-8-6-4-5-7-9-11-13-15(16)17/h4-14H2,1-3H3,(H,16,17). The summed E-state index contributed by atoms with van der Waals surface area (Å²) in [6.45, 7) is 0. The summed E-state index contributed by atoms with van der Waals surface area (Å²) in [6, 6.07) is 0.881. The van der Waals surface area contributed by atoms with Crippen LogP contribution in [-0.2, 0) is 18.1 Å². The lowest BCUT2D eigenvalue weighted by molar-refractivity contribution is -0.137. The Morgan fingerprint density at radius 3 is 1.52 bits per heavy atom. The van der Waals surface area contributed by atoms with Crippen LogP contribution in [0.4, 0.5) is 0 Å². The number of rotatable bonds is 15. The van der Waals surface area contributed by atoms with Crippen molar-refractivity contribution in [2.75, 3.05) is 21.3 Å². The first-order valence-corrected chi connectivity index (χ1v) is 9.90. The molecule has 0 heterocycles. The molecule has 0 radical (unpaired) electrons. The average molecular weight is 321 g/mol. The molecule has 0 fully saturated rings. The molecule has 0 saturated carbocycles. The molecule has 0 atom stereocenters. The first-order valence-electron chi connectivity index (χ1n) is 7.97. The van der Waals surface area contributed by atoms with E-state index < -0.39 is 14.8 Å². The normalized spacial score (nSPS) is 11.8. The van der Waals surface area contributed by atoms with Crippen molar-refractivity contribution in [1.82, 2.24) is 0 Å². The van der Waals surface area contributed by atoms with E-state index in [1.807, 2.05) is 0 Å². The summed E-state index contributed by atoms with van der Waals surface area (Å²) in [4.78, 5) is 10.3. The van der Waals surface area contributed by atoms with Crippen LogP contribution in [0.15, 0.2) is 0 Å². The van der Waals surface area contributed by atoms with Crippen LogP contribution in [0, 0.1) is 0 Å². The average Bonchev–Trinajstić information content (AvgIpc) is 2.49. The molecule has 21 heavy (non-hydrogen) atoms. The molecular weight excluding hydrogens is 288 g/mol. The highest BCUT2D eigenvalue weighted by Gasteiger charge is 2.36. The van der Waals surface area contributed by atoms with Gasteiger partial charge in [-0.15, -0.1) is 0 Å². The lowest BCUT2D eigenvalue weighted by Crippen LogP contribution is -2.42. The molecule has 0 aliphatic rings. The van der Waals surface area contributed by atoms with Crippen LogP contribution >= 0.6 is 0 Å². The van der Waals surface area contributed by atoms with Gasteiger partial charge in [-0.3, -0.25) is 4.79 Å². The first kappa shape index (κ1) is 20.6. The van der Waals surface area contributed by atoms with Gasteiger partial charge in [0, 0.05) is 33.8 Å². The Morgan fingerprint density at radius 1 is 0.762 bits per heavy atom. The third-order valence-electron chi connectivity index (χ3n) is 3.81. The van der Waals surface area contributed by atoms with Crippen molar-refractivity contribution in [1.29, 1.82) is 0 Å². The predicted molar refractivity (Wildman–Crippen MR) is 85.4 cm³/mol. The predicted octanol–water partition coefficient (Wildman–Crippen LogP) is 3.85. The molecular formula is C15H32O5Si. The fourth-order valence-corrected chi connectivity index (χ4v) is 4.21. The smallest absolute Gasteiger partial charge is 0.481 e. The van der Waals surface area contributed by atoms with Crippen LogP contribution in [0.5, 0.6) is 0 Å². The van der Waals surface area contributed by atoms with Crippen molar-refractivity contribution in [3.63, 3.8) is 0 Å². The first-order chi connectivity index (χ1) is 10.1. The number of carbonyl (C=O) groups is 1. The largest absolute Gasteiger partial charge is 0.500 e. The molecule has 0 aliphatic heterocycles. The number of unbranched alkanes of at least 4 members (excludes halogenated alkanes) is 8. The molecule has 0 rings (SSSR count). The maximum atomic E-state index is 10.3. The van der Waals surface area contributed by atoms with Gasteiger partial charge in [0.2, 0.25) is 0 Å². The van der Waals surface area contributed by atoms with Crippen molar-refractivity contribution in [3.05, 3.63) is 0 Å². The topological polar surface area (TPSA) is 65.0 Å². The minimum atomic E-state index is -2.37. The zero-order chi connectivity index (χ0) is 16.0. The third kappa shape index (κ3) is 10.9. The van der Waals surface area contributed by atoms with E-state index in [0.717, 1.165) is 31.7 Å². The Labute approximate surface area is 130 Å². The quantitative estimate of drug-likeness (QED) is 0.367. The summed E-state index contributed by atoms with van der Waals surface area (Å²) in [7, 11) is 2.60. The van der Waals surface area contributed by atoms with Gasteiger partial charge in [0.15, 0.2) is 0 Å². The highest BCUT2D eigenvalue weighted by molar-refractivity contribution is 6.60. The van der Waals surface area contributed by atoms with Gasteiger partial charge in [-0.1, -0.05) is 44.9 Å². The van der Waals surface area contributed by atoms with E-state index in [0.29, 0.717) is 6.42 Å². The van der Waals surface area contributed by atoms with Crippen LogP contribution in [-0.4, -0.2) is 41.2 Å². The molecule has 0 spiro atoms. The molecule has 1 N–H and O–H groups in total. The number of hydrogen-bond acceptors (Lipinski definition) is 4.